The molecule has 5 aromatic rings. The molecule has 0 bridgehead atoms. The number of rotatable bonds is 3. The van der Waals surface area contributed by atoms with E-state index in [4.69, 9.17) is 21.7 Å². The van der Waals surface area contributed by atoms with Gasteiger partial charge in [0.25, 0.3) is 0 Å². The summed E-state index contributed by atoms with van der Waals surface area (Å²) in [6.07, 6.45) is 0.425. The van der Waals surface area contributed by atoms with Gasteiger partial charge in [-0.05, 0) is 30.3 Å². The Morgan fingerprint density at radius 3 is 2.55 bits per heavy atom. The van der Waals surface area contributed by atoms with Crippen molar-refractivity contribution in [2.45, 2.75) is 13.3 Å². The molecule has 3 aromatic carbocycles. The Morgan fingerprint density at radius 1 is 1.03 bits per heavy atom. The lowest BCUT2D eigenvalue weighted by atomic mass is 10.1. The third-order valence-corrected chi connectivity index (χ3v) is 5.23. The number of hydrogen-bond acceptors (Lipinski definition) is 3. The Hall–Kier alpha value is -3.44. The van der Waals surface area contributed by atoms with Gasteiger partial charge in [0.1, 0.15) is 0 Å². The molecule has 0 unspecified atom stereocenters. The number of carbonyl (C=O) groups is 1. The molecule has 5 nitrogen and oxygen atoms in total. The molecule has 1 amide bonds. The van der Waals surface area contributed by atoms with Crippen molar-refractivity contribution in [2.24, 2.45) is 0 Å². The molecular weight excluding hydrogens is 384 g/mol. The molecule has 0 atom stereocenters. The van der Waals surface area contributed by atoms with Crippen molar-refractivity contribution < 1.29 is 4.79 Å². The fraction of sp³-hybridized carbons (Fsp3) is 0.0870. The van der Waals surface area contributed by atoms with Crippen molar-refractivity contribution in [1.29, 1.82) is 0 Å². The van der Waals surface area contributed by atoms with E-state index in [1.165, 1.54) is 0 Å². The lowest BCUT2D eigenvalue weighted by Gasteiger charge is -2.09. The standard InChI is InChI=1S/C23H17ClN4O/c1-2-21(29)25-16-11-12-19-20(13-16)28-23(26-19)18-6-4-3-5-17(18)22(27-28)14-7-9-15(24)10-8-14/h3-13H,2H2,1H3,(H,25,29). The number of hydrogen-bond donors (Lipinski definition) is 1. The van der Waals surface area contributed by atoms with Crippen LogP contribution in [-0.4, -0.2) is 20.5 Å². The van der Waals surface area contributed by atoms with Crippen molar-refractivity contribution in [1.82, 2.24) is 14.6 Å². The third-order valence-electron chi connectivity index (χ3n) is 4.98. The molecule has 0 aliphatic heterocycles. The minimum atomic E-state index is -0.0292. The Bertz CT molecular complexity index is 1390. The Labute approximate surface area is 171 Å². The average molecular weight is 401 g/mol. The van der Waals surface area contributed by atoms with E-state index in [0.29, 0.717) is 11.4 Å². The summed E-state index contributed by atoms with van der Waals surface area (Å²) in [6.45, 7) is 1.83. The second kappa shape index (κ2) is 6.87. The van der Waals surface area contributed by atoms with Gasteiger partial charge in [-0.15, -0.1) is 0 Å². The first-order valence-corrected chi connectivity index (χ1v) is 9.79. The summed E-state index contributed by atoms with van der Waals surface area (Å²) in [5.41, 5.74) is 5.01. The molecule has 0 spiro atoms. The Balaban J connectivity index is 1.82. The van der Waals surface area contributed by atoms with Crippen LogP contribution in [0.25, 0.3) is 38.7 Å². The molecule has 0 saturated carbocycles. The van der Waals surface area contributed by atoms with E-state index in [0.717, 1.165) is 44.4 Å². The highest BCUT2D eigenvalue weighted by Gasteiger charge is 2.15. The van der Waals surface area contributed by atoms with Gasteiger partial charge in [0.15, 0.2) is 5.65 Å². The number of nitrogens with zero attached hydrogens (tertiary/aromatic N) is 3. The van der Waals surface area contributed by atoms with Gasteiger partial charge in [-0.3, -0.25) is 4.79 Å². The van der Waals surface area contributed by atoms with Gasteiger partial charge in [-0.1, -0.05) is 54.9 Å². The van der Waals surface area contributed by atoms with Crippen molar-refractivity contribution >= 4 is 50.6 Å². The lowest BCUT2D eigenvalue weighted by Crippen LogP contribution is -2.09. The van der Waals surface area contributed by atoms with Crippen LogP contribution in [0.15, 0.2) is 66.7 Å². The molecule has 1 N–H and O–H groups in total. The number of nitrogens with one attached hydrogen (secondary N) is 1. The van der Waals surface area contributed by atoms with Crippen LogP contribution in [0.4, 0.5) is 5.69 Å². The normalized spacial score (nSPS) is 11.4. The first-order chi connectivity index (χ1) is 14.1. The average Bonchev–Trinajstić information content (AvgIpc) is 3.12. The summed E-state index contributed by atoms with van der Waals surface area (Å²) >= 11 is 6.07. The fourth-order valence-corrected chi connectivity index (χ4v) is 3.65. The summed E-state index contributed by atoms with van der Waals surface area (Å²) in [5.74, 6) is -0.0292. The van der Waals surface area contributed by atoms with E-state index in [9.17, 15) is 4.79 Å². The zero-order valence-electron chi connectivity index (χ0n) is 15.7. The van der Waals surface area contributed by atoms with Crippen molar-refractivity contribution in [3.63, 3.8) is 0 Å². The van der Waals surface area contributed by atoms with Crippen LogP contribution >= 0.6 is 11.6 Å². The predicted molar refractivity (Wildman–Crippen MR) is 117 cm³/mol. The fourth-order valence-electron chi connectivity index (χ4n) is 3.53. The first-order valence-electron chi connectivity index (χ1n) is 9.41. The number of imidazole rings is 1. The van der Waals surface area contributed by atoms with Gasteiger partial charge in [-0.2, -0.15) is 5.10 Å². The molecule has 0 fully saturated rings. The predicted octanol–water partition coefficient (Wildman–Crippen LogP) is 5.70. The van der Waals surface area contributed by atoms with E-state index in [-0.39, 0.29) is 5.91 Å². The van der Waals surface area contributed by atoms with Gasteiger partial charge < -0.3 is 5.32 Å². The van der Waals surface area contributed by atoms with E-state index in [2.05, 4.69) is 17.4 Å². The maximum atomic E-state index is 11.8. The third kappa shape index (κ3) is 3.00. The Kier molecular flexibility index (Phi) is 4.18. The minimum absolute atomic E-state index is 0.0292. The van der Waals surface area contributed by atoms with E-state index in [1.54, 1.807) is 0 Å². The zero-order chi connectivity index (χ0) is 20.0. The SMILES string of the molecule is CCC(=O)Nc1ccc2nc3c4ccccc4c(-c4ccc(Cl)cc4)nn3c2c1. The van der Waals surface area contributed by atoms with Crippen LogP contribution in [0, 0.1) is 0 Å². The zero-order valence-corrected chi connectivity index (χ0v) is 16.4. The van der Waals surface area contributed by atoms with Crippen molar-refractivity contribution in [2.75, 3.05) is 5.32 Å². The largest absolute Gasteiger partial charge is 0.326 e. The maximum absolute atomic E-state index is 11.8. The van der Waals surface area contributed by atoms with Gasteiger partial charge in [-0.25, -0.2) is 9.50 Å². The summed E-state index contributed by atoms with van der Waals surface area (Å²) < 4.78 is 1.85. The number of halogens is 1. The minimum Gasteiger partial charge on any atom is -0.326 e. The van der Waals surface area contributed by atoms with Crippen LogP contribution in [0.2, 0.25) is 5.02 Å². The highest BCUT2D eigenvalue weighted by molar-refractivity contribution is 6.30. The molecule has 0 aliphatic carbocycles. The van der Waals surface area contributed by atoms with Crippen molar-refractivity contribution in [3.8, 4) is 11.3 Å². The number of amides is 1. The van der Waals surface area contributed by atoms with Gasteiger partial charge >= 0.3 is 0 Å². The smallest absolute Gasteiger partial charge is 0.224 e. The monoisotopic (exact) mass is 400 g/mol. The molecule has 0 saturated heterocycles. The van der Waals surface area contributed by atoms with Crippen LogP contribution in [0.1, 0.15) is 13.3 Å². The summed E-state index contributed by atoms with van der Waals surface area (Å²) in [6, 6.07) is 21.5. The van der Waals surface area contributed by atoms with Crippen molar-refractivity contribution in [3.05, 3.63) is 71.8 Å². The van der Waals surface area contributed by atoms with Crippen LogP contribution in [-0.2, 0) is 4.79 Å². The number of fused-ring (bicyclic) bond motifs is 5. The Morgan fingerprint density at radius 2 is 1.79 bits per heavy atom. The quantitative estimate of drug-likeness (QED) is 0.422. The molecule has 2 aromatic heterocycles. The molecular formula is C23H17ClN4O. The summed E-state index contributed by atoms with van der Waals surface area (Å²) in [4.78, 5) is 16.6. The molecule has 0 radical (unpaired) electrons. The second-order valence-electron chi connectivity index (χ2n) is 6.85. The molecule has 6 heteroatoms. The molecule has 0 aliphatic rings. The van der Waals surface area contributed by atoms with Gasteiger partial charge in [0.05, 0.1) is 16.7 Å². The van der Waals surface area contributed by atoms with E-state index in [1.807, 2.05) is 66.0 Å². The van der Waals surface area contributed by atoms with Crippen LogP contribution in [0.3, 0.4) is 0 Å². The first kappa shape index (κ1) is 17.6. The topological polar surface area (TPSA) is 59.3 Å². The number of aromatic nitrogens is 3. The maximum Gasteiger partial charge on any atom is 0.224 e. The second-order valence-corrected chi connectivity index (χ2v) is 7.29. The summed E-state index contributed by atoms with van der Waals surface area (Å²) in [7, 11) is 0. The van der Waals surface area contributed by atoms with E-state index < -0.39 is 0 Å². The van der Waals surface area contributed by atoms with Crippen LogP contribution < -0.4 is 5.32 Å². The van der Waals surface area contributed by atoms with Crippen LogP contribution in [0.5, 0.6) is 0 Å². The summed E-state index contributed by atoms with van der Waals surface area (Å²) in [5, 5.41) is 10.6. The highest BCUT2D eigenvalue weighted by atomic mass is 35.5. The number of benzene rings is 3. The lowest BCUT2D eigenvalue weighted by molar-refractivity contribution is -0.115. The molecule has 142 valence electrons. The molecule has 5 rings (SSSR count). The van der Waals surface area contributed by atoms with Gasteiger partial charge in [0, 0.05) is 33.5 Å². The number of anilines is 1. The molecule has 29 heavy (non-hydrogen) atoms. The molecule has 2 heterocycles. The van der Waals surface area contributed by atoms with E-state index >= 15 is 0 Å². The number of carbonyl (C=O) groups excluding carboxylic acids is 1. The highest BCUT2D eigenvalue weighted by Crippen LogP contribution is 2.32. The van der Waals surface area contributed by atoms with Gasteiger partial charge in [0.2, 0.25) is 5.91 Å².